The lowest BCUT2D eigenvalue weighted by atomic mass is 9.67. The molecule has 354 valence electrons. The van der Waals surface area contributed by atoms with Gasteiger partial charge in [-0.15, -0.1) is 0 Å². The Bertz CT molecular complexity index is 4060. The van der Waals surface area contributed by atoms with Crippen LogP contribution in [-0.4, -0.2) is 4.57 Å². The van der Waals surface area contributed by atoms with Crippen molar-refractivity contribution in [1.82, 2.24) is 4.57 Å². The molecule has 12 aromatic rings. The topological polar surface area (TPSA) is 17.0 Å². The van der Waals surface area contributed by atoms with E-state index in [0.717, 1.165) is 33.6 Å². The van der Waals surface area contributed by atoms with Crippen LogP contribution in [0.1, 0.15) is 27.8 Å². The minimum atomic E-state index is -0.497. The summed E-state index contributed by atoms with van der Waals surface area (Å²) in [7, 11) is 0. The number of allylic oxidation sites excluding steroid dienone is 4. The molecular weight excluding hydrogens is 905 g/mol. The molecule has 1 aliphatic rings. The molecule has 1 aromatic heterocycles. The molecule has 0 saturated carbocycles. The van der Waals surface area contributed by atoms with E-state index in [1.807, 2.05) is 12.3 Å². The quantitative estimate of drug-likeness (QED) is 0.121. The van der Waals surface area contributed by atoms with Gasteiger partial charge in [0.05, 0.1) is 16.4 Å². The van der Waals surface area contributed by atoms with Gasteiger partial charge in [0.15, 0.2) is 0 Å². The van der Waals surface area contributed by atoms with Crippen molar-refractivity contribution < 1.29 is 0 Å². The highest BCUT2D eigenvalue weighted by Gasteiger charge is 2.46. The van der Waals surface area contributed by atoms with Crippen molar-refractivity contribution in [2.24, 2.45) is 0 Å². The molecule has 0 amide bonds. The summed E-state index contributed by atoms with van der Waals surface area (Å²) in [6, 6.07) is 99.5. The number of nitrogens with one attached hydrogen (secondary N) is 1. The molecule has 0 unspecified atom stereocenters. The van der Waals surface area contributed by atoms with Crippen LogP contribution in [0, 0.1) is 0 Å². The molecule has 0 atom stereocenters. The first-order valence-corrected chi connectivity index (χ1v) is 25.8. The largest absolute Gasteiger partial charge is 0.361 e. The third kappa shape index (κ3) is 8.20. The van der Waals surface area contributed by atoms with Crippen molar-refractivity contribution in [3.63, 3.8) is 0 Å². The number of rotatable bonds is 12. The minimum absolute atomic E-state index is 0.497. The predicted molar refractivity (Wildman–Crippen MR) is 317 cm³/mol. The molecule has 13 rings (SSSR count). The Labute approximate surface area is 439 Å². The number of benzene rings is 11. The van der Waals surface area contributed by atoms with Crippen LogP contribution in [0.4, 0.5) is 5.69 Å². The second-order valence-electron chi connectivity index (χ2n) is 19.2. The second-order valence-corrected chi connectivity index (χ2v) is 19.2. The molecule has 0 aliphatic heterocycles. The number of anilines is 1. The molecule has 1 aliphatic carbocycles. The Kier molecular flexibility index (Phi) is 11.8. The fraction of sp³-hybridized carbons (Fsp3) is 0.0137. The summed E-state index contributed by atoms with van der Waals surface area (Å²) < 4.78 is 2.48. The smallest absolute Gasteiger partial charge is 0.0714 e. The number of para-hydroxylation sites is 2. The fourth-order valence-corrected chi connectivity index (χ4v) is 11.6. The van der Waals surface area contributed by atoms with Gasteiger partial charge in [0.2, 0.25) is 0 Å². The van der Waals surface area contributed by atoms with Crippen LogP contribution in [0.3, 0.4) is 0 Å². The standard InChI is InChI=1S/C73H52N2/c1(6-22-52-37-39-54(40-38-52)56-43-41-55(42-44-56)53-23-7-3-8-24-53)2-21-49-74-70-35-19-16-32-65(70)62-30-14-13-29-61(62)57-45-47-67-66-33-17-20-36-71(66)75(72(67)50-57)60-46-48-64-63-31-15-18-34-68(63)73(69(64)51-60,58-25-9-4-10-26-58)59-27-11-5-12-28-59/h1-51,74H/b2-1-,22-6-,49-21+. The highest BCUT2D eigenvalue weighted by molar-refractivity contribution is 6.11. The summed E-state index contributed by atoms with van der Waals surface area (Å²) in [4.78, 5) is 0. The molecule has 2 nitrogen and oxygen atoms in total. The Morgan fingerprint density at radius 3 is 1.56 bits per heavy atom. The van der Waals surface area contributed by atoms with E-state index >= 15 is 0 Å². The van der Waals surface area contributed by atoms with Crippen molar-refractivity contribution in [1.29, 1.82) is 0 Å². The number of nitrogens with zero attached hydrogens (tertiary/aromatic N) is 1. The highest BCUT2D eigenvalue weighted by atomic mass is 15.0. The SMILES string of the molecule is C(/C=C\c1ccc(-c2ccc(-c3ccccc3)cc2)cc1)=C/C=C/Nc1ccccc1-c1ccccc1-c1ccc2c3ccccc3n(-c3ccc4c(c3)C(c3ccccc3)(c3ccccc3)c3ccccc3-4)c2c1. The van der Waals surface area contributed by atoms with E-state index in [4.69, 9.17) is 0 Å². The van der Waals surface area contributed by atoms with Gasteiger partial charge < -0.3 is 9.88 Å². The summed E-state index contributed by atoms with van der Waals surface area (Å²) in [5.74, 6) is 0. The molecule has 75 heavy (non-hydrogen) atoms. The first-order chi connectivity index (χ1) is 37.2. The number of hydrogen-bond donors (Lipinski definition) is 1. The molecule has 0 saturated heterocycles. The average molecular weight is 957 g/mol. The van der Waals surface area contributed by atoms with Crippen LogP contribution < -0.4 is 5.32 Å². The van der Waals surface area contributed by atoms with Gasteiger partial charge in [-0.3, -0.25) is 0 Å². The zero-order valence-electron chi connectivity index (χ0n) is 41.4. The van der Waals surface area contributed by atoms with E-state index in [1.165, 1.54) is 83.0 Å². The summed E-state index contributed by atoms with van der Waals surface area (Å²) in [6.45, 7) is 0. The van der Waals surface area contributed by atoms with Gasteiger partial charge in [-0.1, -0.05) is 267 Å². The molecule has 2 heteroatoms. The van der Waals surface area contributed by atoms with Crippen molar-refractivity contribution in [2.75, 3.05) is 5.32 Å². The maximum absolute atomic E-state index is 3.61. The predicted octanol–water partition coefficient (Wildman–Crippen LogP) is 19.0. The Morgan fingerprint density at radius 2 is 0.840 bits per heavy atom. The lowest BCUT2D eigenvalue weighted by Crippen LogP contribution is -2.28. The van der Waals surface area contributed by atoms with Crippen LogP contribution in [0.5, 0.6) is 0 Å². The first-order valence-electron chi connectivity index (χ1n) is 25.8. The molecule has 0 radical (unpaired) electrons. The average Bonchev–Trinajstić information content (AvgIpc) is 4.09. The molecule has 0 fully saturated rings. The highest BCUT2D eigenvalue weighted by Crippen LogP contribution is 2.56. The van der Waals surface area contributed by atoms with E-state index < -0.39 is 5.41 Å². The number of fused-ring (bicyclic) bond motifs is 6. The summed E-state index contributed by atoms with van der Waals surface area (Å²) in [5.41, 5.74) is 22.3. The Balaban J connectivity index is 0.795. The molecule has 0 bridgehead atoms. The third-order valence-corrected chi connectivity index (χ3v) is 15.0. The van der Waals surface area contributed by atoms with Gasteiger partial charge in [0.25, 0.3) is 0 Å². The van der Waals surface area contributed by atoms with Crippen LogP contribution in [-0.2, 0) is 5.41 Å². The van der Waals surface area contributed by atoms with Gasteiger partial charge in [-0.05, 0) is 114 Å². The Hall–Kier alpha value is -9.76. The maximum atomic E-state index is 3.61. The lowest BCUT2D eigenvalue weighted by Gasteiger charge is -2.34. The van der Waals surface area contributed by atoms with E-state index in [0.29, 0.717) is 0 Å². The van der Waals surface area contributed by atoms with Crippen LogP contribution in [0.25, 0.3) is 89.2 Å². The molecule has 1 N–H and O–H groups in total. The normalized spacial score (nSPS) is 12.7. The second kappa shape index (κ2) is 19.7. The summed E-state index contributed by atoms with van der Waals surface area (Å²) in [5, 5.41) is 6.06. The first kappa shape index (κ1) is 45.1. The zero-order chi connectivity index (χ0) is 50.0. The monoisotopic (exact) mass is 956 g/mol. The molecule has 0 spiro atoms. The van der Waals surface area contributed by atoms with Crippen molar-refractivity contribution in [3.05, 3.63) is 331 Å². The van der Waals surface area contributed by atoms with E-state index in [1.54, 1.807) is 0 Å². The summed E-state index contributed by atoms with van der Waals surface area (Å²) in [6.07, 6.45) is 12.4. The van der Waals surface area contributed by atoms with Gasteiger partial charge >= 0.3 is 0 Å². The van der Waals surface area contributed by atoms with E-state index in [-0.39, 0.29) is 0 Å². The van der Waals surface area contributed by atoms with Crippen LogP contribution in [0.15, 0.2) is 303 Å². The fourth-order valence-electron chi connectivity index (χ4n) is 11.6. The molecular formula is C73H52N2. The van der Waals surface area contributed by atoms with Gasteiger partial charge in [0, 0.05) is 33.9 Å². The van der Waals surface area contributed by atoms with Crippen LogP contribution >= 0.6 is 0 Å². The number of hydrogen-bond acceptors (Lipinski definition) is 1. The lowest BCUT2D eigenvalue weighted by molar-refractivity contribution is 0.767. The zero-order valence-corrected chi connectivity index (χ0v) is 41.4. The maximum Gasteiger partial charge on any atom is 0.0714 e. The summed E-state index contributed by atoms with van der Waals surface area (Å²) >= 11 is 0. The van der Waals surface area contributed by atoms with E-state index in [9.17, 15) is 0 Å². The number of aromatic nitrogens is 1. The van der Waals surface area contributed by atoms with Gasteiger partial charge in [-0.25, -0.2) is 0 Å². The van der Waals surface area contributed by atoms with E-state index in [2.05, 4.69) is 307 Å². The minimum Gasteiger partial charge on any atom is -0.361 e. The van der Waals surface area contributed by atoms with Gasteiger partial charge in [-0.2, -0.15) is 0 Å². The molecule has 1 heterocycles. The van der Waals surface area contributed by atoms with Crippen molar-refractivity contribution in [2.45, 2.75) is 5.41 Å². The third-order valence-electron chi connectivity index (χ3n) is 15.0. The Morgan fingerprint density at radius 1 is 0.320 bits per heavy atom. The van der Waals surface area contributed by atoms with Crippen molar-refractivity contribution in [3.8, 4) is 61.3 Å². The van der Waals surface area contributed by atoms with Crippen LogP contribution in [0.2, 0.25) is 0 Å². The van der Waals surface area contributed by atoms with Gasteiger partial charge in [0.1, 0.15) is 0 Å². The van der Waals surface area contributed by atoms with Crippen molar-refractivity contribution >= 4 is 33.6 Å². The molecule has 11 aromatic carbocycles.